The average Bonchev–Trinajstić information content (AvgIpc) is 2.62. The second-order valence-electron chi connectivity index (χ2n) is 5.60. The number of nitrogens with one attached hydrogen (secondary N) is 2. The van der Waals surface area contributed by atoms with E-state index < -0.39 is 23.9 Å². The standard InChI is InChI=1S/C19H16F3IN2O2/c20-19(21,22)17(26)10-11-24-16(12-13-4-2-1-3-5-13)18(27)25-15-8-6-14(23)7-9-15/h1-11,16,24H,12H2,(H,25,27)/b11-10+/t16-/m0/s1. The first kappa shape index (κ1) is 20.9. The Hall–Kier alpha value is -2.36. The molecular formula is C19H16F3IN2O2. The zero-order valence-corrected chi connectivity index (χ0v) is 16.1. The highest BCUT2D eigenvalue weighted by atomic mass is 127. The highest BCUT2D eigenvalue weighted by Gasteiger charge is 2.36. The smallest absolute Gasteiger partial charge is 0.379 e. The first-order valence-electron chi connectivity index (χ1n) is 7.90. The van der Waals surface area contributed by atoms with Crippen molar-refractivity contribution in [3.63, 3.8) is 0 Å². The minimum Gasteiger partial charge on any atom is -0.379 e. The summed E-state index contributed by atoms with van der Waals surface area (Å²) >= 11 is 2.13. The first-order chi connectivity index (χ1) is 12.8. The Bertz CT molecular complexity index is 806. The van der Waals surface area contributed by atoms with Crippen LogP contribution in [0.5, 0.6) is 0 Å². The molecule has 0 unspecified atom stereocenters. The molecule has 0 aromatic heterocycles. The highest BCUT2D eigenvalue weighted by Crippen LogP contribution is 2.16. The van der Waals surface area contributed by atoms with Gasteiger partial charge in [-0.3, -0.25) is 9.59 Å². The summed E-state index contributed by atoms with van der Waals surface area (Å²) in [7, 11) is 0. The molecular weight excluding hydrogens is 472 g/mol. The highest BCUT2D eigenvalue weighted by molar-refractivity contribution is 14.1. The van der Waals surface area contributed by atoms with Gasteiger partial charge in [0.15, 0.2) is 0 Å². The molecule has 0 fully saturated rings. The van der Waals surface area contributed by atoms with Gasteiger partial charge in [-0.25, -0.2) is 0 Å². The second kappa shape index (κ2) is 9.54. The lowest BCUT2D eigenvalue weighted by Crippen LogP contribution is -2.39. The number of anilines is 1. The van der Waals surface area contributed by atoms with Crippen molar-refractivity contribution in [1.82, 2.24) is 5.32 Å². The van der Waals surface area contributed by atoms with Crippen molar-refractivity contribution in [3.8, 4) is 0 Å². The summed E-state index contributed by atoms with van der Waals surface area (Å²) in [5, 5.41) is 5.30. The van der Waals surface area contributed by atoms with Crippen LogP contribution < -0.4 is 10.6 Å². The number of allylic oxidation sites excluding steroid dienone is 1. The van der Waals surface area contributed by atoms with Crippen LogP contribution in [-0.2, 0) is 16.0 Å². The summed E-state index contributed by atoms with van der Waals surface area (Å²) in [6.07, 6.45) is -3.48. The minimum absolute atomic E-state index is 0.238. The minimum atomic E-state index is -4.95. The van der Waals surface area contributed by atoms with Crippen LogP contribution in [0.1, 0.15) is 5.56 Å². The molecule has 2 N–H and O–H groups in total. The molecule has 0 saturated carbocycles. The molecule has 0 radical (unpaired) electrons. The summed E-state index contributed by atoms with van der Waals surface area (Å²) in [5.74, 6) is -2.42. The lowest BCUT2D eigenvalue weighted by molar-refractivity contribution is -0.165. The molecule has 27 heavy (non-hydrogen) atoms. The molecule has 0 saturated heterocycles. The summed E-state index contributed by atoms with van der Waals surface area (Å²) < 4.78 is 37.9. The van der Waals surface area contributed by atoms with Crippen LogP contribution in [0.4, 0.5) is 18.9 Å². The predicted octanol–water partition coefficient (Wildman–Crippen LogP) is 4.08. The Balaban J connectivity index is 2.10. The van der Waals surface area contributed by atoms with Gasteiger partial charge in [-0.05, 0) is 52.4 Å². The van der Waals surface area contributed by atoms with E-state index in [0.717, 1.165) is 15.3 Å². The van der Waals surface area contributed by atoms with Crippen LogP contribution in [0.15, 0.2) is 66.9 Å². The summed E-state index contributed by atoms with van der Waals surface area (Å²) in [6, 6.07) is 15.2. The Labute approximate surface area is 168 Å². The lowest BCUT2D eigenvalue weighted by Gasteiger charge is -2.17. The van der Waals surface area contributed by atoms with Gasteiger partial charge in [0.25, 0.3) is 5.78 Å². The number of hydrogen-bond acceptors (Lipinski definition) is 3. The lowest BCUT2D eigenvalue weighted by atomic mass is 10.1. The van der Waals surface area contributed by atoms with Crippen LogP contribution in [0.2, 0.25) is 0 Å². The molecule has 0 aliphatic heterocycles. The van der Waals surface area contributed by atoms with Gasteiger partial charge in [0, 0.05) is 28.0 Å². The van der Waals surface area contributed by atoms with Gasteiger partial charge in [0.2, 0.25) is 5.91 Å². The third-order valence-electron chi connectivity index (χ3n) is 3.52. The molecule has 0 aliphatic carbocycles. The number of alkyl halides is 3. The van der Waals surface area contributed by atoms with E-state index in [9.17, 15) is 22.8 Å². The predicted molar refractivity (Wildman–Crippen MR) is 105 cm³/mol. The first-order valence-corrected chi connectivity index (χ1v) is 8.97. The molecule has 1 amide bonds. The average molecular weight is 488 g/mol. The molecule has 4 nitrogen and oxygen atoms in total. The van der Waals surface area contributed by atoms with Gasteiger partial charge < -0.3 is 10.6 Å². The molecule has 0 bridgehead atoms. The topological polar surface area (TPSA) is 58.2 Å². The number of hydrogen-bond donors (Lipinski definition) is 2. The van der Waals surface area contributed by atoms with Crippen LogP contribution in [0, 0.1) is 3.57 Å². The second-order valence-corrected chi connectivity index (χ2v) is 6.85. The Morgan fingerprint density at radius 1 is 1.04 bits per heavy atom. The van der Waals surface area contributed by atoms with Gasteiger partial charge in [-0.1, -0.05) is 30.3 Å². The molecule has 142 valence electrons. The fourth-order valence-electron chi connectivity index (χ4n) is 2.17. The fourth-order valence-corrected chi connectivity index (χ4v) is 2.53. The van der Waals surface area contributed by atoms with Crippen molar-refractivity contribution in [3.05, 3.63) is 76.0 Å². The molecule has 0 spiro atoms. The van der Waals surface area contributed by atoms with Crippen molar-refractivity contribution >= 4 is 40.0 Å². The number of rotatable bonds is 7. The molecule has 2 aromatic rings. The van der Waals surface area contributed by atoms with Crippen molar-refractivity contribution in [2.75, 3.05) is 5.32 Å². The van der Waals surface area contributed by atoms with Crippen LogP contribution >= 0.6 is 22.6 Å². The van der Waals surface area contributed by atoms with E-state index in [1.165, 1.54) is 0 Å². The van der Waals surface area contributed by atoms with Gasteiger partial charge in [0.1, 0.15) is 6.04 Å². The molecule has 8 heteroatoms. The number of benzene rings is 2. The maximum atomic E-state index is 12.6. The van der Waals surface area contributed by atoms with E-state index >= 15 is 0 Å². The molecule has 2 rings (SSSR count). The molecule has 1 atom stereocenters. The molecule has 2 aromatic carbocycles. The molecule has 0 aliphatic rings. The number of ketones is 1. The van der Waals surface area contributed by atoms with Crippen LogP contribution in [0.3, 0.4) is 0 Å². The van der Waals surface area contributed by atoms with E-state index in [1.807, 2.05) is 18.2 Å². The Morgan fingerprint density at radius 2 is 1.67 bits per heavy atom. The summed E-state index contributed by atoms with van der Waals surface area (Å²) in [4.78, 5) is 23.5. The van der Waals surface area contributed by atoms with E-state index in [2.05, 4.69) is 33.2 Å². The normalized spacial score (nSPS) is 12.6. The van der Waals surface area contributed by atoms with Gasteiger partial charge >= 0.3 is 6.18 Å². The van der Waals surface area contributed by atoms with E-state index in [4.69, 9.17) is 0 Å². The fraction of sp³-hybridized carbons (Fsp3) is 0.158. The summed E-state index contributed by atoms with van der Waals surface area (Å²) in [5.41, 5.74) is 1.39. The van der Waals surface area contributed by atoms with Crippen molar-refractivity contribution < 1.29 is 22.8 Å². The number of carbonyl (C=O) groups is 2. The Morgan fingerprint density at radius 3 is 2.26 bits per heavy atom. The quantitative estimate of drug-likeness (QED) is 0.457. The maximum absolute atomic E-state index is 12.6. The maximum Gasteiger partial charge on any atom is 0.454 e. The number of carbonyl (C=O) groups excluding carboxylic acids is 2. The van der Waals surface area contributed by atoms with Crippen molar-refractivity contribution in [2.45, 2.75) is 18.6 Å². The number of halogens is 4. The van der Waals surface area contributed by atoms with E-state index in [-0.39, 0.29) is 6.42 Å². The SMILES string of the molecule is O=C(Nc1ccc(I)cc1)[C@H](Cc1ccccc1)N/C=C/C(=O)C(F)(F)F. The monoisotopic (exact) mass is 488 g/mol. The largest absolute Gasteiger partial charge is 0.454 e. The number of amides is 1. The van der Waals surface area contributed by atoms with Crippen molar-refractivity contribution in [2.24, 2.45) is 0 Å². The van der Waals surface area contributed by atoms with Crippen LogP contribution in [-0.4, -0.2) is 23.9 Å². The zero-order valence-electron chi connectivity index (χ0n) is 14.0. The van der Waals surface area contributed by atoms with Gasteiger partial charge in [-0.2, -0.15) is 13.2 Å². The third-order valence-corrected chi connectivity index (χ3v) is 4.24. The van der Waals surface area contributed by atoms with Crippen LogP contribution in [0.25, 0.3) is 0 Å². The molecule has 0 heterocycles. The summed E-state index contributed by atoms with van der Waals surface area (Å²) in [6.45, 7) is 0. The third kappa shape index (κ3) is 7.05. The Kier molecular flexibility index (Phi) is 7.40. The van der Waals surface area contributed by atoms with Gasteiger partial charge in [-0.15, -0.1) is 0 Å². The van der Waals surface area contributed by atoms with E-state index in [0.29, 0.717) is 11.8 Å². The van der Waals surface area contributed by atoms with Gasteiger partial charge in [0.05, 0.1) is 0 Å². The zero-order chi connectivity index (χ0) is 19.9. The van der Waals surface area contributed by atoms with E-state index in [1.54, 1.807) is 36.4 Å². The van der Waals surface area contributed by atoms with Crippen molar-refractivity contribution in [1.29, 1.82) is 0 Å².